The average molecular weight is 285 g/mol. The number of hydrogen-bond donors (Lipinski definition) is 1. The zero-order valence-electron chi connectivity index (χ0n) is 8.80. The van der Waals surface area contributed by atoms with Crippen LogP contribution in [0, 0.1) is 0 Å². The molecule has 5 nitrogen and oxygen atoms in total. The van der Waals surface area contributed by atoms with Crippen LogP contribution >= 0.6 is 23.2 Å². The number of carboxylic acids is 1. The summed E-state index contributed by atoms with van der Waals surface area (Å²) in [6.45, 7) is 0. The van der Waals surface area contributed by atoms with Crippen molar-refractivity contribution in [2.75, 3.05) is 0 Å². The van der Waals surface area contributed by atoms with Crippen molar-refractivity contribution in [3.05, 3.63) is 46.3 Å². The number of aromatic carboxylic acids is 1. The molecule has 0 aliphatic heterocycles. The van der Waals surface area contributed by atoms with Crippen LogP contribution in [0.2, 0.25) is 10.0 Å². The molecule has 0 fully saturated rings. The van der Waals surface area contributed by atoms with E-state index in [9.17, 15) is 4.79 Å². The van der Waals surface area contributed by atoms with Crippen LogP contribution < -0.4 is 4.74 Å². The van der Waals surface area contributed by atoms with Crippen LogP contribution in [0.15, 0.2) is 30.6 Å². The molecule has 0 bridgehead atoms. The first-order chi connectivity index (χ1) is 8.58. The largest absolute Gasteiger partial charge is 0.476 e. The van der Waals surface area contributed by atoms with Crippen molar-refractivity contribution >= 4 is 29.2 Å². The van der Waals surface area contributed by atoms with E-state index in [1.165, 1.54) is 6.20 Å². The number of carboxylic acid groups (broad SMARTS) is 1. The van der Waals surface area contributed by atoms with Crippen LogP contribution in [-0.2, 0) is 0 Å². The second-order valence-electron chi connectivity index (χ2n) is 3.20. The van der Waals surface area contributed by atoms with Gasteiger partial charge in [0.05, 0.1) is 17.4 Å². The lowest BCUT2D eigenvalue weighted by Gasteiger charge is -2.07. The fourth-order valence-corrected chi connectivity index (χ4v) is 1.51. The van der Waals surface area contributed by atoms with Crippen molar-refractivity contribution in [1.29, 1.82) is 0 Å². The Morgan fingerprint density at radius 3 is 2.78 bits per heavy atom. The normalized spacial score (nSPS) is 10.1. The molecule has 0 atom stereocenters. The van der Waals surface area contributed by atoms with E-state index in [2.05, 4.69) is 9.97 Å². The van der Waals surface area contributed by atoms with Gasteiger partial charge in [0.2, 0.25) is 5.88 Å². The molecule has 1 aromatic carbocycles. The summed E-state index contributed by atoms with van der Waals surface area (Å²) in [4.78, 5) is 18.2. The number of nitrogens with zero attached hydrogens (tertiary/aromatic N) is 2. The Morgan fingerprint density at radius 2 is 2.06 bits per heavy atom. The monoisotopic (exact) mass is 284 g/mol. The first-order valence-corrected chi connectivity index (χ1v) is 5.50. The maximum atomic E-state index is 10.7. The molecule has 92 valence electrons. The summed E-state index contributed by atoms with van der Waals surface area (Å²) in [6.07, 6.45) is 2.40. The maximum Gasteiger partial charge on any atom is 0.356 e. The highest BCUT2D eigenvalue weighted by atomic mass is 35.5. The van der Waals surface area contributed by atoms with E-state index in [0.717, 1.165) is 6.20 Å². The Bertz CT molecular complexity index is 605. The van der Waals surface area contributed by atoms with Gasteiger partial charge in [-0.2, -0.15) is 0 Å². The molecular formula is C11H6Cl2N2O3. The Labute approximate surface area is 112 Å². The van der Waals surface area contributed by atoms with Crippen molar-refractivity contribution in [2.45, 2.75) is 0 Å². The summed E-state index contributed by atoms with van der Waals surface area (Å²) in [7, 11) is 0. The lowest BCUT2D eigenvalue weighted by Crippen LogP contribution is -2.02. The summed E-state index contributed by atoms with van der Waals surface area (Å²) < 4.78 is 5.33. The summed E-state index contributed by atoms with van der Waals surface area (Å²) in [5.41, 5.74) is -0.217. The van der Waals surface area contributed by atoms with Gasteiger partial charge in [0.15, 0.2) is 5.69 Å². The fraction of sp³-hybridized carbons (Fsp3) is 0. The molecule has 0 aliphatic rings. The SMILES string of the molecule is O=C(O)c1cncc(Oc2cccc(Cl)c2Cl)n1. The number of halogens is 2. The molecule has 1 N–H and O–H groups in total. The zero-order chi connectivity index (χ0) is 13.1. The molecule has 2 rings (SSSR count). The minimum absolute atomic E-state index is 0.0269. The Balaban J connectivity index is 2.31. The van der Waals surface area contributed by atoms with E-state index in [-0.39, 0.29) is 22.3 Å². The third kappa shape index (κ3) is 2.69. The second kappa shape index (κ2) is 5.20. The van der Waals surface area contributed by atoms with Crippen LogP contribution in [0.1, 0.15) is 10.5 Å². The third-order valence-electron chi connectivity index (χ3n) is 1.96. The van der Waals surface area contributed by atoms with Gasteiger partial charge in [0.25, 0.3) is 0 Å². The topological polar surface area (TPSA) is 72.3 Å². The highest BCUT2D eigenvalue weighted by Gasteiger charge is 2.10. The Morgan fingerprint density at radius 1 is 1.28 bits per heavy atom. The molecule has 0 aliphatic carbocycles. The second-order valence-corrected chi connectivity index (χ2v) is 3.99. The molecule has 0 radical (unpaired) electrons. The number of benzene rings is 1. The molecule has 0 amide bonds. The summed E-state index contributed by atoms with van der Waals surface area (Å²) in [6, 6.07) is 4.84. The van der Waals surface area contributed by atoms with Crippen LogP contribution in [0.3, 0.4) is 0 Å². The smallest absolute Gasteiger partial charge is 0.356 e. The number of hydrogen-bond acceptors (Lipinski definition) is 4. The van der Waals surface area contributed by atoms with Crippen LogP contribution in [0.5, 0.6) is 11.6 Å². The van der Waals surface area contributed by atoms with Gasteiger partial charge in [-0.1, -0.05) is 29.3 Å². The Hall–Kier alpha value is -1.85. The minimum atomic E-state index is -1.19. The minimum Gasteiger partial charge on any atom is -0.476 e. The molecule has 0 saturated heterocycles. The van der Waals surface area contributed by atoms with Crippen LogP contribution in [-0.4, -0.2) is 21.0 Å². The van der Waals surface area contributed by atoms with Gasteiger partial charge >= 0.3 is 5.97 Å². The lowest BCUT2D eigenvalue weighted by molar-refractivity contribution is 0.0689. The number of ether oxygens (including phenoxy) is 1. The summed E-state index contributed by atoms with van der Waals surface area (Å²) in [5, 5.41) is 9.32. The third-order valence-corrected chi connectivity index (χ3v) is 2.76. The summed E-state index contributed by atoms with van der Waals surface area (Å²) in [5.74, 6) is -0.884. The molecule has 7 heteroatoms. The van der Waals surface area contributed by atoms with Crippen molar-refractivity contribution < 1.29 is 14.6 Å². The van der Waals surface area contributed by atoms with E-state index in [1.807, 2.05) is 0 Å². The average Bonchev–Trinajstić information content (AvgIpc) is 2.35. The zero-order valence-corrected chi connectivity index (χ0v) is 10.3. The molecular weight excluding hydrogens is 279 g/mol. The molecule has 0 saturated carbocycles. The van der Waals surface area contributed by atoms with E-state index in [0.29, 0.717) is 5.02 Å². The predicted octanol–water partition coefficient (Wildman–Crippen LogP) is 3.27. The highest BCUT2D eigenvalue weighted by Crippen LogP contribution is 2.33. The van der Waals surface area contributed by atoms with Gasteiger partial charge in [-0.3, -0.25) is 4.98 Å². The molecule has 18 heavy (non-hydrogen) atoms. The fourth-order valence-electron chi connectivity index (χ4n) is 1.18. The van der Waals surface area contributed by atoms with Gasteiger partial charge in [-0.05, 0) is 12.1 Å². The standard InChI is InChI=1S/C11H6Cl2N2O3/c12-6-2-1-3-8(10(6)13)18-9-5-14-4-7(15-9)11(16)17/h1-5H,(H,16,17). The van der Waals surface area contributed by atoms with Crippen molar-refractivity contribution in [1.82, 2.24) is 9.97 Å². The first kappa shape index (κ1) is 12.6. The molecule has 1 aromatic heterocycles. The van der Waals surface area contributed by atoms with Gasteiger partial charge in [0.1, 0.15) is 10.8 Å². The van der Waals surface area contributed by atoms with E-state index in [4.69, 9.17) is 33.0 Å². The molecule has 1 heterocycles. The first-order valence-electron chi connectivity index (χ1n) is 4.75. The van der Waals surface area contributed by atoms with Crippen LogP contribution in [0.4, 0.5) is 0 Å². The Kier molecular flexibility index (Phi) is 3.64. The van der Waals surface area contributed by atoms with Gasteiger partial charge in [-0.25, -0.2) is 9.78 Å². The van der Waals surface area contributed by atoms with Gasteiger partial charge in [0, 0.05) is 0 Å². The lowest BCUT2D eigenvalue weighted by atomic mass is 10.3. The van der Waals surface area contributed by atoms with E-state index in [1.54, 1.807) is 18.2 Å². The van der Waals surface area contributed by atoms with Crippen molar-refractivity contribution in [3.63, 3.8) is 0 Å². The summed E-state index contributed by atoms with van der Waals surface area (Å²) >= 11 is 11.7. The highest BCUT2D eigenvalue weighted by molar-refractivity contribution is 6.42. The van der Waals surface area contributed by atoms with Crippen molar-refractivity contribution in [2.24, 2.45) is 0 Å². The van der Waals surface area contributed by atoms with Gasteiger partial charge in [-0.15, -0.1) is 0 Å². The van der Waals surface area contributed by atoms with E-state index < -0.39 is 5.97 Å². The maximum absolute atomic E-state index is 10.7. The molecule has 0 spiro atoms. The number of rotatable bonds is 3. The molecule has 2 aromatic rings. The molecule has 0 unspecified atom stereocenters. The van der Waals surface area contributed by atoms with Gasteiger partial charge < -0.3 is 9.84 Å². The predicted molar refractivity (Wildman–Crippen MR) is 65.5 cm³/mol. The number of aromatic nitrogens is 2. The quantitative estimate of drug-likeness (QED) is 0.936. The van der Waals surface area contributed by atoms with Crippen molar-refractivity contribution in [3.8, 4) is 11.6 Å². The van der Waals surface area contributed by atoms with E-state index >= 15 is 0 Å². The number of carbonyl (C=O) groups is 1. The van der Waals surface area contributed by atoms with Crippen LogP contribution in [0.25, 0.3) is 0 Å².